The van der Waals surface area contributed by atoms with Crippen molar-refractivity contribution in [2.24, 2.45) is 0 Å². The largest absolute Gasteiger partial charge is 0.321 e. The number of benzene rings is 4. The summed E-state index contributed by atoms with van der Waals surface area (Å²) in [6, 6.07) is 32.3. The van der Waals surface area contributed by atoms with Gasteiger partial charge in [-0.15, -0.1) is 23.1 Å². The monoisotopic (exact) mass is 638 g/mol. The second-order valence-electron chi connectivity index (χ2n) is 9.60. The number of thioether (sulfide) groups is 1. The Labute approximate surface area is 268 Å². The van der Waals surface area contributed by atoms with Crippen LogP contribution >= 0.6 is 34.7 Å². The number of halogens is 1. The van der Waals surface area contributed by atoms with Crippen molar-refractivity contribution in [1.82, 2.24) is 10.3 Å². The number of aromatic nitrogens is 1. The number of nitrogens with zero attached hydrogens (tertiary/aromatic N) is 1. The second-order valence-corrected chi connectivity index (χ2v) is 12.1. The zero-order chi connectivity index (χ0) is 30.9. The Morgan fingerprint density at radius 2 is 1.50 bits per heavy atom. The van der Waals surface area contributed by atoms with Crippen LogP contribution in [0.1, 0.15) is 32.4 Å². The highest BCUT2D eigenvalue weighted by molar-refractivity contribution is 8.00. The Kier molecular flexibility index (Phi) is 10.2. The van der Waals surface area contributed by atoms with Gasteiger partial charge in [-0.25, -0.2) is 4.98 Å². The molecule has 0 bridgehead atoms. The summed E-state index contributed by atoms with van der Waals surface area (Å²) in [5.74, 6) is -1.09. The predicted octanol–water partition coefficient (Wildman–Crippen LogP) is 7.99. The number of anilines is 2. The van der Waals surface area contributed by atoms with Crippen molar-refractivity contribution >= 4 is 69.3 Å². The molecule has 220 valence electrons. The molecule has 0 aliphatic carbocycles. The van der Waals surface area contributed by atoms with Crippen molar-refractivity contribution in [3.63, 3.8) is 0 Å². The van der Waals surface area contributed by atoms with Gasteiger partial charge in [-0.05, 0) is 72.7 Å². The average molecular weight is 639 g/mol. The zero-order valence-corrected chi connectivity index (χ0v) is 25.9. The van der Waals surface area contributed by atoms with E-state index in [1.54, 1.807) is 66.7 Å². The van der Waals surface area contributed by atoms with Crippen LogP contribution in [0.15, 0.2) is 125 Å². The van der Waals surface area contributed by atoms with Crippen LogP contribution in [-0.2, 0) is 9.59 Å². The summed E-state index contributed by atoms with van der Waals surface area (Å²) in [6.07, 6.45) is 1.59. The van der Waals surface area contributed by atoms with Crippen molar-refractivity contribution in [3.8, 4) is 0 Å². The molecular formula is C34H27ClN4O3S2. The molecule has 10 heteroatoms. The number of aryl methyl sites for hydroxylation is 1. The van der Waals surface area contributed by atoms with Gasteiger partial charge in [-0.1, -0.05) is 72.3 Å². The lowest BCUT2D eigenvalue weighted by molar-refractivity contribution is -0.116. The van der Waals surface area contributed by atoms with E-state index in [4.69, 9.17) is 11.6 Å². The highest BCUT2D eigenvalue weighted by atomic mass is 35.5. The van der Waals surface area contributed by atoms with E-state index in [9.17, 15) is 14.4 Å². The molecule has 1 unspecified atom stereocenters. The highest BCUT2D eigenvalue weighted by Gasteiger charge is 2.23. The van der Waals surface area contributed by atoms with Crippen LogP contribution in [0.4, 0.5) is 10.8 Å². The molecule has 1 aromatic heterocycles. The zero-order valence-electron chi connectivity index (χ0n) is 23.5. The third kappa shape index (κ3) is 8.44. The molecule has 0 fully saturated rings. The third-order valence-electron chi connectivity index (χ3n) is 6.27. The molecule has 1 atom stereocenters. The van der Waals surface area contributed by atoms with E-state index in [0.717, 1.165) is 16.2 Å². The van der Waals surface area contributed by atoms with E-state index in [0.29, 0.717) is 27.0 Å². The maximum atomic E-state index is 13.4. The number of nitrogens with one attached hydrogen (secondary N) is 3. The molecule has 0 radical (unpaired) electrons. The fourth-order valence-corrected chi connectivity index (χ4v) is 5.94. The van der Waals surface area contributed by atoms with Crippen molar-refractivity contribution in [3.05, 3.63) is 148 Å². The molecule has 0 saturated heterocycles. The molecule has 3 N–H and O–H groups in total. The lowest BCUT2D eigenvalue weighted by Crippen LogP contribution is -2.30. The first-order valence-corrected chi connectivity index (χ1v) is 15.7. The SMILES string of the molecule is Cc1csc(NC(=O)C(Sc2ccc(NC(=O)/C(=C/c3ccc(Cl)cc3)NC(=O)c3ccccc3)cc2)c2ccccc2)n1. The Bertz CT molecular complexity index is 1780. The summed E-state index contributed by atoms with van der Waals surface area (Å²) in [5.41, 5.74) is 3.40. The van der Waals surface area contributed by atoms with Crippen molar-refractivity contribution < 1.29 is 14.4 Å². The quantitative estimate of drug-likeness (QED) is 0.106. The number of hydrogen-bond donors (Lipinski definition) is 3. The first kappa shape index (κ1) is 30.7. The Morgan fingerprint density at radius 3 is 2.14 bits per heavy atom. The second kappa shape index (κ2) is 14.7. The predicted molar refractivity (Wildman–Crippen MR) is 179 cm³/mol. The molecule has 3 amide bonds. The molecule has 4 aromatic carbocycles. The minimum absolute atomic E-state index is 0.0675. The molecule has 0 spiro atoms. The van der Waals surface area contributed by atoms with E-state index in [-0.39, 0.29) is 11.6 Å². The van der Waals surface area contributed by atoms with E-state index in [2.05, 4.69) is 20.9 Å². The molecular weight excluding hydrogens is 612 g/mol. The van der Waals surface area contributed by atoms with E-state index >= 15 is 0 Å². The average Bonchev–Trinajstić information content (AvgIpc) is 3.46. The fourth-order valence-electron chi connectivity index (χ4n) is 4.10. The van der Waals surface area contributed by atoms with Gasteiger partial charge in [0.05, 0.1) is 5.69 Å². The summed E-state index contributed by atoms with van der Waals surface area (Å²) < 4.78 is 0. The van der Waals surface area contributed by atoms with Crippen LogP contribution in [0.5, 0.6) is 0 Å². The number of hydrogen-bond acceptors (Lipinski definition) is 6. The maximum Gasteiger partial charge on any atom is 0.272 e. The van der Waals surface area contributed by atoms with Gasteiger partial charge in [0.25, 0.3) is 11.8 Å². The normalized spacial score (nSPS) is 11.8. The molecule has 7 nitrogen and oxygen atoms in total. The maximum absolute atomic E-state index is 13.4. The summed E-state index contributed by atoms with van der Waals surface area (Å²) >= 11 is 8.79. The van der Waals surface area contributed by atoms with Crippen LogP contribution in [0, 0.1) is 6.92 Å². The lowest BCUT2D eigenvalue weighted by Gasteiger charge is -2.17. The number of rotatable bonds is 10. The summed E-state index contributed by atoms with van der Waals surface area (Å²) in [5, 5.41) is 11.0. The minimum Gasteiger partial charge on any atom is -0.321 e. The van der Waals surface area contributed by atoms with E-state index in [1.807, 2.05) is 60.8 Å². The molecule has 0 saturated carbocycles. The smallest absolute Gasteiger partial charge is 0.272 e. The van der Waals surface area contributed by atoms with Gasteiger partial charge < -0.3 is 16.0 Å². The molecule has 1 heterocycles. The molecule has 5 rings (SSSR count). The van der Waals surface area contributed by atoms with Gasteiger partial charge in [0.1, 0.15) is 10.9 Å². The van der Waals surface area contributed by atoms with Crippen molar-refractivity contribution in [1.29, 1.82) is 0 Å². The first-order chi connectivity index (χ1) is 21.3. The van der Waals surface area contributed by atoms with Crippen molar-refractivity contribution in [2.75, 3.05) is 10.6 Å². The summed E-state index contributed by atoms with van der Waals surface area (Å²) in [7, 11) is 0. The Hall–Kier alpha value is -4.70. The van der Waals surface area contributed by atoms with Crippen molar-refractivity contribution in [2.45, 2.75) is 17.1 Å². The standard InChI is InChI=1S/C34H27ClN4O3S2/c1-22-21-43-34(36-22)39-33(42)30(24-8-4-2-5-9-24)44-28-18-16-27(17-19-28)37-32(41)29(20-23-12-14-26(35)15-13-23)38-31(40)25-10-6-3-7-11-25/h2-21,30H,1H3,(H,37,41)(H,38,40)(H,36,39,42)/b29-20-. The fraction of sp³-hybridized carbons (Fsp3) is 0.0588. The number of carbonyl (C=O) groups is 3. The Morgan fingerprint density at radius 1 is 0.841 bits per heavy atom. The van der Waals surface area contributed by atoms with E-state index < -0.39 is 17.1 Å². The topological polar surface area (TPSA) is 100 Å². The number of carbonyl (C=O) groups excluding carboxylic acids is 3. The van der Waals surface area contributed by atoms with Crippen LogP contribution in [0.2, 0.25) is 5.02 Å². The van der Waals surface area contributed by atoms with Gasteiger partial charge in [0.15, 0.2) is 5.13 Å². The first-order valence-electron chi connectivity index (χ1n) is 13.5. The highest BCUT2D eigenvalue weighted by Crippen LogP contribution is 2.37. The number of thiazole rings is 1. The third-order valence-corrected chi connectivity index (χ3v) is 8.66. The van der Waals surface area contributed by atoms with Crippen LogP contribution in [0.25, 0.3) is 6.08 Å². The van der Waals surface area contributed by atoms with Crippen LogP contribution in [-0.4, -0.2) is 22.7 Å². The molecule has 0 aliphatic rings. The lowest BCUT2D eigenvalue weighted by atomic mass is 10.1. The molecule has 44 heavy (non-hydrogen) atoms. The Balaban J connectivity index is 1.32. The van der Waals surface area contributed by atoms with Crippen LogP contribution < -0.4 is 16.0 Å². The van der Waals surface area contributed by atoms with Gasteiger partial charge >= 0.3 is 0 Å². The van der Waals surface area contributed by atoms with Gasteiger partial charge in [-0.3, -0.25) is 14.4 Å². The molecule has 0 aliphatic heterocycles. The van der Waals surface area contributed by atoms with Gasteiger partial charge in [0.2, 0.25) is 5.91 Å². The van der Waals surface area contributed by atoms with E-state index in [1.165, 1.54) is 23.1 Å². The molecule has 5 aromatic rings. The summed E-state index contributed by atoms with van der Waals surface area (Å²) in [6.45, 7) is 1.88. The number of amides is 3. The van der Waals surface area contributed by atoms with Gasteiger partial charge in [-0.2, -0.15) is 0 Å². The van der Waals surface area contributed by atoms with Crippen LogP contribution in [0.3, 0.4) is 0 Å². The summed E-state index contributed by atoms with van der Waals surface area (Å²) in [4.78, 5) is 44.8. The van der Waals surface area contributed by atoms with Gasteiger partial charge in [0, 0.05) is 26.5 Å². The minimum atomic E-state index is -0.525.